The molecule has 1 amide bonds. The van der Waals surface area contributed by atoms with Crippen LogP contribution in [0.2, 0.25) is 0 Å². The average molecular weight is 255 g/mol. The Morgan fingerprint density at radius 2 is 2.00 bits per heavy atom. The molecule has 1 N–H and O–H groups in total. The van der Waals surface area contributed by atoms with E-state index >= 15 is 0 Å². The third-order valence-electron chi connectivity index (χ3n) is 2.49. The first kappa shape index (κ1) is 14.0. The van der Waals surface area contributed by atoms with Crippen molar-refractivity contribution >= 4 is 22.4 Å². The molecular weight excluding hydrogens is 234 g/mol. The minimum Gasteiger partial charge on any atom is -0.450 e. The lowest BCUT2D eigenvalue weighted by Crippen LogP contribution is -2.13. The number of nitrogens with one attached hydrogen (secondary N) is 1. The van der Waals surface area contributed by atoms with E-state index in [0.29, 0.717) is 6.61 Å². The van der Waals surface area contributed by atoms with Crippen molar-refractivity contribution in [1.29, 1.82) is 0 Å². The standard InChI is InChI=1S/C13H21NO2S/c1-4-7-10-9-17-12(11(10)8-5-2)14-13(15)16-6-3/h9H,4-8H2,1-3H3,(H,14,15). The van der Waals surface area contributed by atoms with Gasteiger partial charge in [0.25, 0.3) is 0 Å². The molecule has 96 valence electrons. The SMILES string of the molecule is CCCc1csc(NC(=O)OCC)c1CCC. The molecule has 0 aliphatic carbocycles. The van der Waals surface area contributed by atoms with Gasteiger partial charge in [0.05, 0.1) is 6.61 Å². The van der Waals surface area contributed by atoms with Crippen molar-refractivity contribution in [3.63, 3.8) is 0 Å². The molecule has 0 bridgehead atoms. The van der Waals surface area contributed by atoms with E-state index in [2.05, 4.69) is 24.5 Å². The molecule has 17 heavy (non-hydrogen) atoms. The van der Waals surface area contributed by atoms with Gasteiger partial charge in [-0.25, -0.2) is 4.79 Å². The van der Waals surface area contributed by atoms with Gasteiger partial charge in [0.1, 0.15) is 5.00 Å². The highest BCUT2D eigenvalue weighted by atomic mass is 32.1. The Kier molecular flexibility index (Phi) is 6.05. The van der Waals surface area contributed by atoms with Gasteiger partial charge in [0.2, 0.25) is 0 Å². The zero-order valence-electron chi connectivity index (χ0n) is 10.8. The highest BCUT2D eigenvalue weighted by Crippen LogP contribution is 2.30. The molecule has 4 heteroatoms. The van der Waals surface area contributed by atoms with E-state index in [0.717, 1.165) is 30.7 Å². The smallest absolute Gasteiger partial charge is 0.412 e. The first-order valence-electron chi connectivity index (χ1n) is 6.25. The summed E-state index contributed by atoms with van der Waals surface area (Å²) in [6.07, 6.45) is 3.96. The van der Waals surface area contributed by atoms with Crippen molar-refractivity contribution in [2.75, 3.05) is 11.9 Å². The zero-order chi connectivity index (χ0) is 12.7. The highest BCUT2D eigenvalue weighted by Gasteiger charge is 2.13. The van der Waals surface area contributed by atoms with Crippen molar-refractivity contribution in [3.05, 3.63) is 16.5 Å². The Balaban J connectivity index is 2.79. The average Bonchev–Trinajstić information content (AvgIpc) is 2.64. The Morgan fingerprint density at radius 1 is 1.29 bits per heavy atom. The van der Waals surface area contributed by atoms with Gasteiger partial charge < -0.3 is 4.74 Å². The van der Waals surface area contributed by atoms with Gasteiger partial charge in [-0.05, 0) is 36.3 Å². The van der Waals surface area contributed by atoms with Gasteiger partial charge in [-0.15, -0.1) is 11.3 Å². The Bertz CT molecular complexity index is 360. The summed E-state index contributed by atoms with van der Waals surface area (Å²) in [6.45, 7) is 6.54. The fourth-order valence-electron chi connectivity index (χ4n) is 1.79. The summed E-state index contributed by atoms with van der Waals surface area (Å²) in [7, 11) is 0. The minimum absolute atomic E-state index is 0.352. The van der Waals surface area contributed by atoms with Crippen LogP contribution in [0.15, 0.2) is 5.38 Å². The number of rotatable bonds is 6. The molecule has 0 aromatic carbocycles. The maximum atomic E-state index is 11.4. The predicted molar refractivity (Wildman–Crippen MR) is 73.0 cm³/mol. The molecule has 0 saturated carbocycles. The first-order chi connectivity index (χ1) is 8.22. The molecule has 0 saturated heterocycles. The lowest BCUT2D eigenvalue weighted by atomic mass is 10.0. The summed E-state index contributed by atoms with van der Waals surface area (Å²) in [5.74, 6) is 0. The van der Waals surface area contributed by atoms with Gasteiger partial charge in [0, 0.05) is 0 Å². The van der Waals surface area contributed by atoms with Crippen LogP contribution in [0.25, 0.3) is 0 Å². The van der Waals surface area contributed by atoms with E-state index in [9.17, 15) is 4.79 Å². The molecule has 1 aromatic heterocycles. The summed E-state index contributed by atoms with van der Waals surface area (Å²) in [4.78, 5) is 11.4. The predicted octanol–water partition coefficient (Wildman–Crippen LogP) is 4.22. The molecule has 1 rings (SSSR count). The number of ether oxygens (including phenoxy) is 1. The lowest BCUT2D eigenvalue weighted by molar-refractivity contribution is 0.168. The lowest BCUT2D eigenvalue weighted by Gasteiger charge is -2.07. The van der Waals surface area contributed by atoms with Crippen LogP contribution < -0.4 is 5.32 Å². The number of hydrogen-bond acceptors (Lipinski definition) is 3. The van der Waals surface area contributed by atoms with Crippen molar-refractivity contribution < 1.29 is 9.53 Å². The monoisotopic (exact) mass is 255 g/mol. The van der Waals surface area contributed by atoms with E-state index in [1.165, 1.54) is 11.1 Å². The molecule has 0 unspecified atom stereocenters. The van der Waals surface area contributed by atoms with Crippen molar-refractivity contribution in [2.45, 2.75) is 46.5 Å². The van der Waals surface area contributed by atoms with E-state index < -0.39 is 0 Å². The minimum atomic E-state index is -0.352. The van der Waals surface area contributed by atoms with Gasteiger partial charge >= 0.3 is 6.09 Å². The van der Waals surface area contributed by atoms with Crippen molar-refractivity contribution in [1.82, 2.24) is 0 Å². The molecule has 0 aliphatic heterocycles. The van der Waals surface area contributed by atoms with Crippen molar-refractivity contribution in [2.24, 2.45) is 0 Å². The van der Waals surface area contributed by atoms with E-state index in [-0.39, 0.29) is 6.09 Å². The zero-order valence-corrected chi connectivity index (χ0v) is 11.7. The number of carbonyl (C=O) groups is 1. The number of anilines is 1. The fraction of sp³-hybridized carbons (Fsp3) is 0.615. The van der Waals surface area contributed by atoms with Crippen LogP contribution in [0.4, 0.5) is 9.80 Å². The van der Waals surface area contributed by atoms with Crippen LogP contribution in [0.3, 0.4) is 0 Å². The Labute approximate surface area is 107 Å². The summed E-state index contributed by atoms with van der Waals surface area (Å²) < 4.78 is 4.90. The molecule has 1 heterocycles. The Hall–Kier alpha value is -1.03. The maximum absolute atomic E-state index is 11.4. The second-order valence-corrected chi connectivity index (χ2v) is 4.79. The second-order valence-electron chi connectivity index (χ2n) is 3.91. The fourth-order valence-corrected chi connectivity index (χ4v) is 2.82. The quantitative estimate of drug-likeness (QED) is 0.826. The molecule has 1 aromatic rings. The third kappa shape index (κ3) is 4.04. The molecule has 0 aliphatic rings. The summed E-state index contributed by atoms with van der Waals surface area (Å²) >= 11 is 1.60. The molecule has 0 radical (unpaired) electrons. The van der Waals surface area contributed by atoms with Crippen molar-refractivity contribution in [3.8, 4) is 0 Å². The maximum Gasteiger partial charge on any atom is 0.412 e. The van der Waals surface area contributed by atoms with E-state index in [4.69, 9.17) is 4.74 Å². The van der Waals surface area contributed by atoms with Crippen LogP contribution in [-0.4, -0.2) is 12.7 Å². The summed E-state index contributed by atoms with van der Waals surface area (Å²) in [5.41, 5.74) is 2.65. The topological polar surface area (TPSA) is 38.3 Å². The number of amides is 1. The number of hydrogen-bond donors (Lipinski definition) is 1. The third-order valence-corrected chi connectivity index (χ3v) is 3.48. The van der Waals surface area contributed by atoms with Crippen LogP contribution in [0, 0.1) is 0 Å². The second kappa shape index (κ2) is 7.33. The van der Waals surface area contributed by atoms with Crippen LogP contribution in [-0.2, 0) is 17.6 Å². The number of aryl methyl sites for hydroxylation is 1. The van der Waals surface area contributed by atoms with Gasteiger partial charge in [0.15, 0.2) is 0 Å². The van der Waals surface area contributed by atoms with E-state index in [1.807, 2.05) is 6.92 Å². The molecule has 3 nitrogen and oxygen atoms in total. The first-order valence-corrected chi connectivity index (χ1v) is 7.13. The molecular formula is C13H21NO2S. The molecule has 0 spiro atoms. The molecule has 0 atom stereocenters. The van der Waals surface area contributed by atoms with Crippen LogP contribution >= 0.6 is 11.3 Å². The number of carbonyl (C=O) groups excluding carboxylic acids is 1. The molecule has 0 fully saturated rings. The van der Waals surface area contributed by atoms with Gasteiger partial charge in [-0.2, -0.15) is 0 Å². The van der Waals surface area contributed by atoms with Crippen LogP contribution in [0.1, 0.15) is 44.7 Å². The van der Waals surface area contributed by atoms with Crippen LogP contribution in [0.5, 0.6) is 0 Å². The summed E-state index contributed by atoms with van der Waals surface area (Å²) in [6, 6.07) is 0. The largest absolute Gasteiger partial charge is 0.450 e. The summed E-state index contributed by atoms with van der Waals surface area (Å²) in [5, 5.41) is 5.93. The van der Waals surface area contributed by atoms with E-state index in [1.54, 1.807) is 11.3 Å². The highest BCUT2D eigenvalue weighted by molar-refractivity contribution is 7.14. The Morgan fingerprint density at radius 3 is 2.59 bits per heavy atom. The normalized spacial score (nSPS) is 10.3. The van der Waals surface area contributed by atoms with Gasteiger partial charge in [-0.1, -0.05) is 26.7 Å². The number of thiophene rings is 1. The van der Waals surface area contributed by atoms with Gasteiger partial charge in [-0.3, -0.25) is 5.32 Å².